The molecular weight excluding hydrogens is 662 g/mol. The SMILES string of the molecule is C=CCN1C(=O)[C@H](C)N=C(c2ccccc2)C(=C/O)/C1=C\CC(O)NC/C=C(\C(C)=C/O)N1Cc2cnc(Nc3ccc(C)nc3)nc2N(C)C1=O. The Morgan fingerprint density at radius 3 is 2.56 bits per heavy atom. The third-order valence-electron chi connectivity index (χ3n) is 8.50. The number of benzene rings is 1. The van der Waals surface area contributed by atoms with Gasteiger partial charge in [-0.2, -0.15) is 4.98 Å². The van der Waals surface area contributed by atoms with Crippen LogP contribution in [0, 0.1) is 6.92 Å². The van der Waals surface area contributed by atoms with Crippen molar-refractivity contribution in [2.75, 3.05) is 30.4 Å². The summed E-state index contributed by atoms with van der Waals surface area (Å²) in [7, 11) is 1.61. The van der Waals surface area contributed by atoms with Crippen LogP contribution < -0.4 is 15.5 Å². The average molecular weight is 706 g/mol. The number of pyridine rings is 1. The lowest BCUT2D eigenvalue weighted by Crippen LogP contribution is -2.45. The number of aliphatic hydroxyl groups is 3. The molecule has 3 amide bonds. The number of hydrogen-bond acceptors (Lipinski definition) is 11. The Hall–Kier alpha value is -6.12. The van der Waals surface area contributed by atoms with Gasteiger partial charge in [0.1, 0.15) is 18.1 Å². The highest BCUT2D eigenvalue weighted by molar-refractivity contribution is 6.17. The van der Waals surface area contributed by atoms with E-state index in [4.69, 9.17) is 0 Å². The molecule has 0 saturated carbocycles. The average Bonchev–Trinajstić information content (AvgIpc) is 3.25. The first kappa shape index (κ1) is 37.1. The van der Waals surface area contributed by atoms with E-state index in [-0.39, 0.29) is 38.0 Å². The Labute approximate surface area is 302 Å². The molecule has 0 spiro atoms. The van der Waals surface area contributed by atoms with E-state index in [0.717, 1.165) is 23.8 Å². The van der Waals surface area contributed by atoms with Crippen LogP contribution in [0.2, 0.25) is 0 Å². The number of carbonyl (C=O) groups is 2. The summed E-state index contributed by atoms with van der Waals surface area (Å²) in [6, 6.07) is 11.9. The van der Waals surface area contributed by atoms with Gasteiger partial charge in [-0.05, 0) is 39.0 Å². The van der Waals surface area contributed by atoms with Crippen molar-refractivity contribution < 1.29 is 24.9 Å². The lowest BCUT2D eigenvalue weighted by atomic mass is 9.99. The molecule has 52 heavy (non-hydrogen) atoms. The fourth-order valence-electron chi connectivity index (χ4n) is 5.80. The largest absolute Gasteiger partial charge is 0.515 e. The third kappa shape index (κ3) is 8.25. The Morgan fingerprint density at radius 2 is 1.88 bits per heavy atom. The highest BCUT2D eigenvalue weighted by atomic mass is 16.3. The van der Waals surface area contributed by atoms with Gasteiger partial charge in [0.25, 0.3) is 5.91 Å². The number of aromatic nitrogens is 3. The fraction of sp³-hybridized carbons (Fsp3) is 0.263. The Bertz CT molecular complexity index is 1950. The lowest BCUT2D eigenvalue weighted by molar-refractivity contribution is -0.129. The van der Waals surface area contributed by atoms with Gasteiger partial charge in [-0.1, -0.05) is 42.5 Å². The molecule has 4 heterocycles. The number of anilines is 3. The van der Waals surface area contributed by atoms with Crippen LogP contribution in [0.25, 0.3) is 0 Å². The summed E-state index contributed by atoms with van der Waals surface area (Å²) in [5, 5.41) is 37.5. The Kier molecular flexibility index (Phi) is 11.9. The van der Waals surface area contributed by atoms with Crippen molar-refractivity contribution in [1.29, 1.82) is 0 Å². The number of carbonyl (C=O) groups excluding carboxylic acids is 2. The van der Waals surface area contributed by atoms with Crippen LogP contribution in [0.15, 0.2) is 120 Å². The zero-order valence-corrected chi connectivity index (χ0v) is 29.6. The number of aliphatic imine (C=N–C) groups is 1. The predicted octanol–water partition coefficient (Wildman–Crippen LogP) is 5.17. The number of aliphatic hydroxyl groups excluding tert-OH is 3. The molecule has 1 aromatic carbocycles. The van der Waals surface area contributed by atoms with E-state index >= 15 is 0 Å². The van der Waals surface area contributed by atoms with E-state index in [1.165, 1.54) is 14.7 Å². The van der Waals surface area contributed by atoms with Crippen molar-refractivity contribution in [2.45, 2.75) is 46.0 Å². The van der Waals surface area contributed by atoms with Crippen LogP contribution in [-0.4, -0.2) is 90.1 Å². The van der Waals surface area contributed by atoms with Gasteiger partial charge in [0.2, 0.25) is 5.95 Å². The molecule has 270 valence electrons. The number of amides is 3. The summed E-state index contributed by atoms with van der Waals surface area (Å²) in [6.45, 7) is 9.46. The molecule has 0 fully saturated rings. The van der Waals surface area contributed by atoms with Crippen LogP contribution >= 0.6 is 0 Å². The van der Waals surface area contributed by atoms with E-state index in [9.17, 15) is 24.9 Å². The molecule has 14 heteroatoms. The van der Waals surface area contributed by atoms with Crippen LogP contribution in [0.1, 0.15) is 37.1 Å². The highest BCUT2D eigenvalue weighted by Crippen LogP contribution is 2.31. The lowest BCUT2D eigenvalue weighted by Gasteiger charge is -2.35. The molecule has 0 bridgehead atoms. The minimum absolute atomic E-state index is 0.0488. The molecule has 14 nitrogen and oxygen atoms in total. The van der Waals surface area contributed by atoms with Crippen molar-refractivity contribution in [1.82, 2.24) is 30.1 Å². The van der Waals surface area contributed by atoms with Crippen LogP contribution in [0.5, 0.6) is 0 Å². The topological polar surface area (TPSA) is 180 Å². The summed E-state index contributed by atoms with van der Waals surface area (Å²) < 4.78 is 0. The normalized spacial score (nSPS) is 19.1. The van der Waals surface area contributed by atoms with Crippen molar-refractivity contribution >= 4 is 35.1 Å². The molecule has 5 N–H and O–H groups in total. The maximum absolute atomic E-state index is 13.6. The summed E-state index contributed by atoms with van der Waals surface area (Å²) in [6.07, 6.45) is 9.06. The Balaban J connectivity index is 1.33. The molecule has 2 atom stereocenters. The second-order valence-corrected chi connectivity index (χ2v) is 12.2. The Morgan fingerprint density at radius 1 is 1.12 bits per heavy atom. The number of urea groups is 1. The van der Waals surface area contributed by atoms with Gasteiger partial charge in [0, 0.05) is 60.8 Å². The molecular formula is C38H43N9O5. The minimum Gasteiger partial charge on any atom is -0.515 e. The van der Waals surface area contributed by atoms with Crippen molar-refractivity contribution in [3.05, 3.63) is 132 Å². The number of nitrogens with zero attached hydrogens (tertiary/aromatic N) is 7. The first-order valence-corrected chi connectivity index (χ1v) is 16.7. The number of hydrogen-bond donors (Lipinski definition) is 5. The smallest absolute Gasteiger partial charge is 0.330 e. The zero-order valence-electron chi connectivity index (χ0n) is 29.6. The first-order chi connectivity index (χ1) is 25.1. The van der Waals surface area contributed by atoms with Gasteiger partial charge in [-0.15, -0.1) is 6.58 Å². The number of rotatable bonds is 12. The molecule has 2 aliphatic rings. The molecule has 0 radical (unpaired) electrons. The van der Waals surface area contributed by atoms with Crippen LogP contribution in [0.3, 0.4) is 0 Å². The van der Waals surface area contributed by atoms with Crippen molar-refractivity contribution in [3.63, 3.8) is 0 Å². The maximum Gasteiger partial charge on any atom is 0.330 e. The number of allylic oxidation sites excluding steroid dienone is 2. The van der Waals surface area contributed by atoms with Gasteiger partial charge < -0.3 is 25.5 Å². The van der Waals surface area contributed by atoms with Crippen molar-refractivity contribution in [3.8, 4) is 0 Å². The van der Waals surface area contributed by atoms with Gasteiger partial charge in [-0.25, -0.2) is 9.78 Å². The molecule has 5 rings (SSSR count). The van der Waals surface area contributed by atoms with Crippen molar-refractivity contribution in [2.24, 2.45) is 4.99 Å². The van der Waals surface area contributed by atoms with Gasteiger partial charge >= 0.3 is 6.03 Å². The summed E-state index contributed by atoms with van der Waals surface area (Å²) in [4.78, 5) is 49.3. The third-order valence-corrected chi connectivity index (χ3v) is 8.50. The standard InChI is InChI=1S/C38H43N9O5/c1-6-18-46-32(30(23-49)34(42-26(4)36(46)51)27-10-8-7-9-11-27)14-15-33(50)39-17-16-31(24(2)22-48)47-21-28-19-41-37(44-35(28)45(5)38(47)52)43-29-13-12-25(3)40-20-29/h6-14,16,19-20,22-23,26,33,39,48-50H,1,15,17-18,21H2,2-5H3,(H,41,43,44)/b24-22-,30-23+,31-16+,32-14+/t26-,33?/m0/s1. The second kappa shape index (κ2) is 16.7. The quantitative estimate of drug-likeness (QED) is 0.0731. The monoisotopic (exact) mass is 705 g/mol. The van der Waals surface area contributed by atoms with E-state index < -0.39 is 12.3 Å². The number of fused-ring (bicyclic) bond motifs is 1. The van der Waals surface area contributed by atoms with E-state index in [1.807, 2.05) is 49.4 Å². The first-order valence-electron chi connectivity index (χ1n) is 16.7. The molecule has 3 aromatic rings. The molecule has 2 aromatic heterocycles. The van der Waals surface area contributed by atoms with Gasteiger partial charge in [0.05, 0.1) is 47.9 Å². The molecule has 0 saturated heterocycles. The van der Waals surface area contributed by atoms with E-state index in [2.05, 4.69) is 37.2 Å². The van der Waals surface area contributed by atoms with Crippen LogP contribution in [0.4, 0.5) is 22.2 Å². The van der Waals surface area contributed by atoms with Gasteiger partial charge in [0.15, 0.2) is 0 Å². The second-order valence-electron chi connectivity index (χ2n) is 12.2. The van der Waals surface area contributed by atoms with Gasteiger partial charge in [-0.3, -0.25) is 29.9 Å². The summed E-state index contributed by atoms with van der Waals surface area (Å²) in [5.74, 6) is 0.476. The highest BCUT2D eigenvalue weighted by Gasteiger charge is 2.33. The zero-order chi connectivity index (χ0) is 37.4. The predicted molar refractivity (Wildman–Crippen MR) is 200 cm³/mol. The summed E-state index contributed by atoms with van der Waals surface area (Å²) >= 11 is 0. The molecule has 2 aliphatic heterocycles. The number of aryl methyl sites for hydroxylation is 1. The maximum atomic E-state index is 13.6. The molecule has 1 unspecified atom stereocenters. The van der Waals surface area contributed by atoms with Crippen LogP contribution in [-0.2, 0) is 11.3 Å². The fourth-order valence-corrected chi connectivity index (χ4v) is 5.80. The minimum atomic E-state index is -1.09. The molecule has 0 aliphatic carbocycles. The van der Waals surface area contributed by atoms with E-state index in [0.29, 0.717) is 51.3 Å². The summed E-state index contributed by atoms with van der Waals surface area (Å²) in [5.41, 5.74) is 5.00. The number of nitrogens with one attached hydrogen (secondary N) is 2. The van der Waals surface area contributed by atoms with E-state index in [1.54, 1.807) is 51.5 Å².